The molecule has 55 heavy (non-hydrogen) atoms. The first-order valence-corrected chi connectivity index (χ1v) is 19.6. The van der Waals surface area contributed by atoms with Crippen molar-refractivity contribution in [3.8, 4) is 5.75 Å². The van der Waals surface area contributed by atoms with Crippen LogP contribution in [-0.2, 0) is 30.4 Å². The molecule has 6 aromatic carbocycles. The molecule has 0 aliphatic carbocycles. The Morgan fingerprint density at radius 1 is 0.564 bits per heavy atom. The molecule has 0 unspecified atom stereocenters. The molecule has 0 atom stereocenters. The summed E-state index contributed by atoms with van der Waals surface area (Å²) in [6, 6.07) is 20.9. The van der Waals surface area contributed by atoms with Crippen LogP contribution in [0.5, 0.6) is 5.75 Å². The highest BCUT2D eigenvalue weighted by molar-refractivity contribution is 7.86. The smallest absolute Gasteiger partial charge is 0.296 e. The number of carbonyl (C=O) groups excluding carboxylic acids is 2. The SMILES string of the molecule is Nc1cc2c(O)c(N=Nc3ccc(N=Nc4ccc(N5C(=O)c6ccccc6C5=O)cc4)c4ccc(S(=O)(=O)O)cc34)c(S(=O)(=O)O)cc2cc1S(=O)(=O)O. The highest BCUT2D eigenvalue weighted by Gasteiger charge is 2.36. The molecule has 1 aliphatic rings. The van der Waals surface area contributed by atoms with Crippen molar-refractivity contribution < 1.29 is 53.6 Å². The Morgan fingerprint density at radius 2 is 1.13 bits per heavy atom. The third kappa shape index (κ3) is 6.78. The summed E-state index contributed by atoms with van der Waals surface area (Å²) in [5.74, 6) is -1.87. The predicted octanol–water partition coefficient (Wildman–Crippen LogP) is 6.65. The number of phenolic OH excluding ortho intramolecular Hbond substituents is 1. The Labute approximate surface area is 310 Å². The van der Waals surface area contributed by atoms with Gasteiger partial charge in [0.05, 0.1) is 44.5 Å². The number of carbonyl (C=O) groups is 2. The Hall–Kier alpha value is -6.49. The predicted molar refractivity (Wildman–Crippen MR) is 196 cm³/mol. The molecule has 1 heterocycles. The number of nitrogen functional groups attached to an aromatic ring is 1. The molecule has 0 saturated carbocycles. The van der Waals surface area contributed by atoms with Crippen molar-refractivity contribution in [1.82, 2.24) is 0 Å². The van der Waals surface area contributed by atoms with Crippen LogP contribution in [0.2, 0.25) is 0 Å². The summed E-state index contributed by atoms with van der Waals surface area (Å²) >= 11 is 0. The van der Waals surface area contributed by atoms with Gasteiger partial charge in [-0.25, -0.2) is 4.90 Å². The zero-order valence-electron chi connectivity index (χ0n) is 27.3. The molecule has 7 rings (SSSR count). The van der Waals surface area contributed by atoms with Gasteiger partial charge >= 0.3 is 0 Å². The average Bonchev–Trinajstić information content (AvgIpc) is 3.38. The van der Waals surface area contributed by atoms with Crippen LogP contribution in [0.15, 0.2) is 132 Å². The van der Waals surface area contributed by atoms with Crippen LogP contribution in [0, 0.1) is 0 Å². The maximum atomic E-state index is 12.9. The second-order valence-corrected chi connectivity index (χ2v) is 16.0. The largest absolute Gasteiger partial charge is 0.505 e. The number of nitrogens with two attached hydrogens (primary N) is 1. The molecule has 1 aliphatic heterocycles. The molecule has 6 N–H and O–H groups in total. The molecule has 0 fully saturated rings. The molecule has 0 radical (unpaired) electrons. The number of hydrogen-bond donors (Lipinski definition) is 5. The van der Waals surface area contributed by atoms with E-state index in [1.54, 1.807) is 24.3 Å². The summed E-state index contributed by atoms with van der Waals surface area (Å²) in [6.45, 7) is 0. The summed E-state index contributed by atoms with van der Waals surface area (Å²) < 4.78 is 102. The van der Waals surface area contributed by atoms with Gasteiger partial charge in [0.2, 0.25) is 0 Å². The maximum Gasteiger partial charge on any atom is 0.296 e. The third-order valence-electron chi connectivity index (χ3n) is 8.41. The molecule has 18 nitrogen and oxygen atoms in total. The monoisotopic (exact) mass is 802 g/mol. The summed E-state index contributed by atoms with van der Waals surface area (Å²) in [6.07, 6.45) is 0. The first-order valence-electron chi connectivity index (χ1n) is 15.3. The van der Waals surface area contributed by atoms with Gasteiger partial charge in [-0.1, -0.05) is 18.2 Å². The lowest BCUT2D eigenvalue weighted by Crippen LogP contribution is -2.29. The lowest BCUT2D eigenvalue weighted by atomic mass is 10.1. The van der Waals surface area contributed by atoms with Gasteiger partial charge in [0.15, 0.2) is 5.75 Å². The summed E-state index contributed by atoms with van der Waals surface area (Å²) in [5.41, 5.74) is 5.55. The molecule has 278 valence electrons. The molecule has 0 aromatic heterocycles. The van der Waals surface area contributed by atoms with Gasteiger partial charge in [-0.05, 0) is 84.2 Å². The van der Waals surface area contributed by atoms with E-state index in [1.807, 2.05) is 0 Å². The number of aromatic hydroxyl groups is 1. The highest BCUT2D eigenvalue weighted by atomic mass is 32.2. The Kier molecular flexibility index (Phi) is 8.79. The number of hydrogen-bond acceptors (Lipinski definition) is 14. The first-order chi connectivity index (χ1) is 25.8. The topological polar surface area (TPSA) is 296 Å². The second-order valence-electron chi connectivity index (χ2n) is 11.8. The van der Waals surface area contributed by atoms with E-state index in [2.05, 4.69) is 20.5 Å². The normalized spacial score (nSPS) is 13.8. The minimum Gasteiger partial charge on any atom is -0.505 e. The van der Waals surface area contributed by atoms with E-state index >= 15 is 0 Å². The fourth-order valence-electron chi connectivity index (χ4n) is 5.85. The van der Waals surface area contributed by atoms with Crippen LogP contribution in [0.4, 0.5) is 34.1 Å². The number of benzene rings is 6. The molecular formula is C34H22N6O12S3. The van der Waals surface area contributed by atoms with Crippen LogP contribution in [0.25, 0.3) is 21.5 Å². The van der Waals surface area contributed by atoms with Crippen LogP contribution in [0.3, 0.4) is 0 Å². The van der Waals surface area contributed by atoms with E-state index in [-0.39, 0.29) is 44.0 Å². The number of rotatable bonds is 8. The lowest BCUT2D eigenvalue weighted by Gasteiger charge is -2.13. The molecule has 21 heteroatoms. The molecule has 0 spiro atoms. The van der Waals surface area contributed by atoms with Gasteiger partial charge in [0.25, 0.3) is 42.2 Å². The van der Waals surface area contributed by atoms with Gasteiger partial charge in [0.1, 0.15) is 15.5 Å². The standard InChI is InChI=1S/C34H22N6O12S3/c35-26-16-24-17(13-29(26)54(47,48)49)14-30(55(50,51)52)31(32(24)41)39-38-28-12-11-27(21-10-9-20(15-25(21)28)53(44,45)46)37-36-18-5-7-19(8-6-18)40-33(42)22-3-1-2-4-23(22)34(40)43/h1-16,41H,35H2,(H,44,45,46)(H,47,48,49)(H,50,51,52). The van der Waals surface area contributed by atoms with E-state index < -0.39 is 74.0 Å². The number of anilines is 2. The van der Waals surface area contributed by atoms with Crippen LogP contribution >= 0.6 is 0 Å². The van der Waals surface area contributed by atoms with Gasteiger partial charge < -0.3 is 10.8 Å². The van der Waals surface area contributed by atoms with Crippen LogP contribution in [0.1, 0.15) is 20.7 Å². The van der Waals surface area contributed by atoms with E-state index in [1.165, 1.54) is 42.5 Å². The molecule has 0 bridgehead atoms. The van der Waals surface area contributed by atoms with E-state index in [9.17, 15) is 53.6 Å². The number of azo groups is 2. The van der Waals surface area contributed by atoms with Gasteiger partial charge in [-0.15, -0.1) is 15.3 Å². The average molecular weight is 803 g/mol. The van der Waals surface area contributed by atoms with Crippen molar-refractivity contribution >= 4 is 97.8 Å². The number of amides is 2. The minimum atomic E-state index is -5.18. The van der Waals surface area contributed by atoms with Crippen molar-refractivity contribution in [2.45, 2.75) is 14.7 Å². The summed E-state index contributed by atoms with van der Waals surface area (Å²) in [5, 5.41) is 27.0. The molecule has 2 amide bonds. The summed E-state index contributed by atoms with van der Waals surface area (Å²) in [4.78, 5) is 24.4. The summed E-state index contributed by atoms with van der Waals surface area (Å²) in [7, 11) is -14.8. The van der Waals surface area contributed by atoms with Crippen molar-refractivity contribution in [1.29, 1.82) is 0 Å². The number of imide groups is 1. The Morgan fingerprint density at radius 3 is 1.71 bits per heavy atom. The minimum absolute atomic E-state index is 0.00739. The highest BCUT2D eigenvalue weighted by Crippen LogP contribution is 2.44. The van der Waals surface area contributed by atoms with Crippen molar-refractivity contribution in [3.63, 3.8) is 0 Å². The molecule has 6 aromatic rings. The van der Waals surface area contributed by atoms with Gasteiger partial charge in [-0.2, -0.15) is 30.4 Å². The van der Waals surface area contributed by atoms with Crippen molar-refractivity contribution in [2.75, 3.05) is 10.6 Å². The lowest BCUT2D eigenvalue weighted by molar-refractivity contribution is 0.0926. The number of nitrogens with zero attached hydrogens (tertiary/aromatic N) is 5. The molecular weight excluding hydrogens is 781 g/mol. The fraction of sp³-hybridized carbons (Fsp3) is 0. The Balaban J connectivity index is 1.28. The number of phenols is 1. The van der Waals surface area contributed by atoms with Gasteiger partial charge in [0, 0.05) is 16.2 Å². The third-order valence-corrected chi connectivity index (χ3v) is 11.0. The van der Waals surface area contributed by atoms with Crippen LogP contribution < -0.4 is 10.6 Å². The van der Waals surface area contributed by atoms with Crippen molar-refractivity contribution in [2.24, 2.45) is 20.5 Å². The molecule has 0 saturated heterocycles. The van der Waals surface area contributed by atoms with Crippen LogP contribution in [-0.4, -0.2) is 55.8 Å². The quantitative estimate of drug-likeness (QED) is 0.0466. The fourth-order valence-corrected chi connectivity index (χ4v) is 7.64. The first kappa shape index (κ1) is 36.9. The zero-order valence-corrected chi connectivity index (χ0v) is 29.8. The van der Waals surface area contributed by atoms with Crippen molar-refractivity contribution in [3.05, 3.63) is 108 Å². The number of fused-ring (bicyclic) bond motifs is 3. The van der Waals surface area contributed by atoms with Gasteiger partial charge in [-0.3, -0.25) is 23.2 Å². The maximum absolute atomic E-state index is 12.9. The van der Waals surface area contributed by atoms with E-state index in [0.717, 1.165) is 35.2 Å². The van der Waals surface area contributed by atoms with E-state index in [0.29, 0.717) is 11.4 Å². The zero-order chi connectivity index (χ0) is 39.6. The second kappa shape index (κ2) is 13.1. The van der Waals surface area contributed by atoms with E-state index in [4.69, 9.17) is 5.73 Å². The Bertz CT molecular complexity index is 3040.